The third-order valence-corrected chi connectivity index (χ3v) is 2.12. The van der Waals surface area contributed by atoms with Gasteiger partial charge >= 0.3 is 0 Å². The van der Waals surface area contributed by atoms with Crippen molar-refractivity contribution in [1.29, 1.82) is 0 Å². The van der Waals surface area contributed by atoms with Crippen LogP contribution in [0.3, 0.4) is 0 Å². The van der Waals surface area contributed by atoms with Crippen LogP contribution in [0, 0.1) is 0 Å². The van der Waals surface area contributed by atoms with E-state index in [-0.39, 0.29) is 0 Å². The average Bonchev–Trinajstić information content (AvgIpc) is 2.01. The lowest BCUT2D eigenvalue weighted by Crippen LogP contribution is -2.24. The monoisotopic (exact) mass is 180 g/mol. The first-order chi connectivity index (χ1) is 5.90. The highest BCUT2D eigenvalue weighted by Gasteiger charge is 2.20. The van der Waals surface area contributed by atoms with Gasteiger partial charge in [0.2, 0.25) is 0 Å². The molecule has 0 aliphatic carbocycles. The van der Waals surface area contributed by atoms with Crippen LogP contribution < -0.4 is 0 Å². The summed E-state index contributed by atoms with van der Waals surface area (Å²) in [6.07, 6.45) is 5.30. The van der Waals surface area contributed by atoms with Gasteiger partial charge in [0.05, 0.1) is 5.60 Å². The zero-order chi connectivity index (χ0) is 10.5. The summed E-state index contributed by atoms with van der Waals surface area (Å²) in [5.74, 6) is 0. The number of allylic oxidation sites excluding steroid dienone is 2. The van der Waals surface area contributed by atoms with Crippen molar-refractivity contribution >= 4 is 0 Å². The maximum Gasteiger partial charge on any atom is 0.0865 e. The molecule has 1 heteroatoms. The van der Waals surface area contributed by atoms with Crippen LogP contribution in [0.1, 0.15) is 33.6 Å². The number of aliphatic hydroxyl groups is 1. The van der Waals surface area contributed by atoms with E-state index >= 15 is 0 Å². The molecule has 0 aliphatic rings. The zero-order valence-electron chi connectivity index (χ0n) is 8.93. The van der Waals surface area contributed by atoms with Crippen LogP contribution in [0.2, 0.25) is 0 Å². The van der Waals surface area contributed by atoms with Gasteiger partial charge in [0.15, 0.2) is 0 Å². The molecule has 0 aromatic carbocycles. The maximum atomic E-state index is 9.90. The second kappa shape index (κ2) is 5.03. The van der Waals surface area contributed by atoms with Crippen molar-refractivity contribution < 1.29 is 5.11 Å². The molecule has 0 fully saturated rings. The Bertz CT molecular complexity index is 217. The summed E-state index contributed by atoms with van der Waals surface area (Å²) >= 11 is 0. The van der Waals surface area contributed by atoms with Crippen molar-refractivity contribution in [3.05, 3.63) is 36.5 Å². The fourth-order valence-corrected chi connectivity index (χ4v) is 1.02. The summed E-state index contributed by atoms with van der Waals surface area (Å²) in [4.78, 5) is 0. The van der Waals surface area contributed by atoms with Crippen LogP contribution in [0.15, 0.2) is 36.5 Å². The van der Waals surface area contributed by atoms with E-state index in [0.29, 0.717) is 12.0 Å². The van der Waals surface area contributed by atoms with Gasteiger partial charge in [-0.3, -0.25) is 0 Å². The minimum Gasteiger partial charge on any atom is -0.385 e. The molecule has 1 N–H and O–H groups in total. The third-order valence-electron chi connectivity index (χ3n) is 2.12. The third kappa shape index (κ3) is 4.69. The van der Waals surface area contributed by atoms with Crippen molar-refractivity contribution in [2.24, 2.45) is 0 Å². The lowest BCUT2D eigenvalue weighted by atomic mass is 9.91. The molecule has 1 atom stereocenters. The van der Waals surface area contributed by atoms with Gasteiger partial charge in [-0.2, -0.15) is 0 Å². The summed E-state index contributed by atoms with van der Waals surface area (Å²) in [7, 11) is 0. The SMILES string of the molecule is C=CC(=C)[C@@](C)(O)CCC=C(C)C. The quantitative estimate of drug-likeness (QED) is 0.508. The predicted octanol–water partition coefficient (Wildman–Crippen LogP) is 3.23. The molecule has 0 aromatic heterocycles. The van der Waals surface area contributed by atoms with Crippen LogP contribution in [0.4, 0.5) is 0 Å². The van der Waals surface area contributed by atoms with Gasteiger partial charge in [-0.05, 0) is 39.2 Å². The van der Waals surface area contributed by atoms with E-state index < -0.39 is 5.60 Å². The lowest BCUT2D eigenvalue weighted by molar-refractivity contribution is 0.0943. The lowest BCUT2D eigenvalue weighted by Gasteiger charge is -2.23. The van der Waals surface area contributed by atoms with Crippen LogP contribution in [-0.4, -0.2) is 10.7 Å². The van der Waals surface area contributed by atoms with E-state index in [9.17, 15) is 5.11 Å². The van der Waals surface area contributed by atoms with E-state index in [4.69, 9.17) is 0 Å². The topological polar surface area (TPSA) is 20.2 Å². The fraction of sp³-hybridized carbons (Fsp3) is 0.500. The van der Waals surface area contributed by atoms with Crippen LogP contribution in [0.5, 0.6) is 0 Å². The van der Waals surface area contributed by atoms with Gasteiger partial charge < -0.3 is 5.11 Å². The molecule has 0 aliphatic heterocycles. The highest BCUT2D eigenvalue weighted by atomic mass is 16.3. The van der Waals surface area contributed by atoms with Gasteiger partial charge in [-0.15, -0.1) is 0 Å². The van der Waals surface area contributed by atoms with Crippen LogP contribution >= 0.6 is 0 Å². The van der Waals surface area contributed by atoms with Crippen molar-refractivity contribution in [3.63, 3.8) is 0 Å². The molecule has 0 spiro atoms. The number of rotatable bonds is 5. The Balaban J connectivity index is 4.11. The second-order valence-electron chi connectivity index (χ2n) is 3.82. The molecule has 0 aromatic rings. The molecule has 0 bridgehead atoms. The first-order valence-electron chi connectivity index (χ1n) is 4.57. The molecule has 0 amide bonds. The number of hydrogen-bond donors (Lipinski definition) is 1. The molecule has 0 heterocycles. The fourth-order valence-electron chi connectivity index (χ4n) is 1.02. The Labute approximate surface area is 81.5 Å². The Morgan fingerprint density at radius 3 is 2.38 bits per heavy atom. The Morgan fingerprint density at radius 2 is 2.00 bits per heavy atom. The van der Waals surface area contributed by atoms with E-state index in [0.717, 1.165) is 6.42 Å². The predicted molar refractivity (Wildman–Crippen MR) is 58.6 cm³/mol. The average molecular weight is 180 g/mol. The van der Waals surface area contributed by atoms with E-state index in [2.05, 4.69) is 33.1 Å². The minimum absolute atomic E-state index is 0.689. The molecular formula is C12H20O. The molecule has 0 radical (unpaired) electrons. The van der Waals surface area contributed by atoms with Gasteiger partial charge in [0, 0.05) is 0 Å². The summed E-state index contributed by atoms with van der Waals surface area (Å²) in [5, 5.41) is 9.90. The standard InChI is InChI=1S/C12H20O/c1-6-11(4)12(5,13)9-7-8-10(2)3/h6,8,13H,1,4,7,9H2,2-3,5H3/t12-/m0/s1. The van der Waals surface area contributed by atoms with Gasteiger partial charge in [-0.1, -0.05) is 30.9 Å². The summed E-state index contributed by atoms with van der Waals surface area (Å²) in [5.41, 5.74) is 1.16. The first kappa shape index (κ1) is 12.2. The summed E-state index contributed by atoms with van der Waals surface area (Å²) < 4.78 is 0. The maximum absolute atomic E-state index is 9.90. The Kier molecular flexibility index (Phi) is 4.71. The van der Waals surface area contributed by atoms with E-state index in [1.807, 2.05) is 0 Å². The van der Waals surface area contributed by atoms with E-state index in [1.54, 1.807) is 13.0 Å². The molecule has 0 unspecified atom stereocenters. The van der Waals surface area contributed by atoms with Gasteiger partial charge in [0.25, 0.3) is 0 Å². The van der Waals surface area contributed by atoms with Crippen molar-refractivity contribution in [2.45, 2.75) is 39.2 Å². The Morgan fingerprint density at radius 1 is 1.46 bits per heavy atom. The summed E-state index contributed by atoms with van der Waals surface area (Å²) in [6.45, 7) is 13.2. The van der Waals surface area contributed by atoms with Crippen molar-refractivity contribution in [3.8, 4) is 0 Å². The normalized spacial score (nSPS) is 14.5. The highest BCUT2D eigenvalue weighted by Crippen LogP contribution is 2.21. The molecule has 13 heavy (non-hydrogen) atoms. The van der Waals surface area contributed by atoms with Crippen molar-refractivity contribution in [2.75, 3.05) is 0 Å². The second-order valence-corrected chi connectivity index (χ2v) is 3.82. The molecule has 0 saturated heterocycles. The molecule has 1 nitrogen and oxygen atoms in total. The van der Waals surface area contributed by atoms with Gasteiger partial charge in [0.1, 0.15) is 0 Å². The van der Waals surface area contributed by atoms with Crippen LogP contribution in [0.25, 0.3) is 0 Å². The molecule has 0 saturated carbocycles. The zero-order valence-corrected chi connectivity index (χ0v) is 8.93. The Hall–Kier alpha value is -0.820. The highest BCUT2D eigenvalue weighted by molar-refractivity contribution is 5.22. The smallest absolute Gasteiger partial charge is 0.0865 e. The summed E-state index contributed by atoms with van der Waals surface area (Å²) in [6, 6.07) is 0. The van der Waals surface area contributed by atoms with Gasteiger partial charge in [-0.25, -0.2) is 0 Å². The molecule has 0 rings (SSSR count). The minimum atomic E-state index is -0.812. The molecule has 74 valence electrons. The van der Waals surface area contributed by atoms with E-state index in [1.165, 1.54) is 5.57 Å². The largest absolute Gasteiger partial charge is 0.385 e. The number of hydrogen-bond acceptors (Lipinski definition) is 1. The first-order valence-corrected chi connectivity index (χ1v) is 4.57. The van der Waals surface area contributed by atoms with Crippen molar-refractivity contribution in [1.82, 2.24) is 0 Å². The molecular weight excluding hydrogens is 160 g/mol. The van der Waals surface area contributed by atoms with Crippen LogP contribution in [-0.2, 0) is 0 Å².